The van der Waals surface area contributed by atoms with Crippen LogP contribution in [0.15, 0.2) is 59.6 Å². The van der Waals surface area contributed by atoms with Gasteiger partial charge in [0.2, 0.25) is 12.5 Å². The summed E-state index contributed by atoms with van der Waals surface area (Å²) in [5.74, 6) is 2.84. The Kier molecular flexibility index (Phi) is 7.37. The number of methoxy groups -OCH3 is 4. The summed E-state index contributed by atoms with van der Waals surface area (Å²) in [6.45, 7) is 0.376. The van der Waals surface area contributed by atoms with Gasteiger partial charge in [-0.1, -0.05) is 5.21 Å². The summed E-state index contributed by atoms with van der Waals surface area (Å²) in [6, 6.07) is 15.3. The number of aromatic nitrogens is 3. The first-order valence-corrected chi connectivity index (χ1v) is 15.1. The third-order valence-electron chi connectivity index (χ3n) is 8.48. The Morgan fingerprint density at radius 3 is 2.25 bits per heavy atom. The van der Waals surface area contributed by atoms with Crippen LogP contribution in [0.1, 0.15) is 34.3 Å². The van der Waals surface area contributed by atoms with E-state index in [0.717, 1.165) is 33.0 Å². The first kappa shape index (κ1) is 28.2. The molecule has 1 fully saturated rings. The van der Waals surface area contributed by atoms with E-state index in [1.165, 1.54) is 0 Å². The van der Waals surface area contributed by atoms with Crippen LogP contribution in [-0.4, -0.2) is 62.8 Å². The number of rotatable bonds is 9. The second-order valence-electron chi connectivity index (χ2n) is 10.7. The lowest BCUT2D eigenvalue weighted by Gasteiger charge is -2.39. The highest BCUT2D eigenvalue weighted by atomic mass is 32.2. The molecule has 3 heterocycles. The van der Waals surface area contributed by atoms with Crippen LogP contribution in [0.25, 0.3) is 0 Å². The van der Waals surface area contributed by atoms with Crippen molar-refractivity contribution in [1.29, 1.82) is 0 Å². The summed E-state index contributed by atoms with van der Waals surface area (Å²) < 4.78 is 41.4. The number of fused-ring (bicyclic) bond motifs is 3. The number of hydrogen-bond donors (Lipinski definition) is 0. The molecule has 0 saturated carbocycles. The van der Waals surface area contributed by atoms with Crippen molar-refractivity contribution in [3.63, 3.8) is 0 Å². The van der Waals surface area contributed by atoms with Gasteiger partial charge in [-0.2, -0.15) is 0 Å². The standard InChI is InChI=1S/C32H31N3O8S/c1-37-19-5-7-20(8-6-19)44-15-18-13-35(34-33-18)30-22-12-25-24(42-16-43-25)11-21(22)28(29-23(30)14-41-32(29)36)17-9-26(38-2)31(40-4)27(10-17)39-3/h5-13,23,28-30H,14-16H2,1-4H3/t23-,28+,29-,30+/m0/s1. The molecule has 0 amide bonds. The fourth-order valence-corrected chi connectivity index (χ4v) is 7.27. The van der Waals surface area contributed by atoms with Crippen molar-refractivity contribution < 1.29 is 38.0 Å². The normalized spacial score (nSPS) is 21.3. The maximum Gasteiger partial charge on any atom is 0.310 e. The smallest absolute Gasteiger partial charge is 0.310 e. The summed E-state index contributed by atoms with van der Waals surface area (Å²) >= 11 is 1.66. The molecule has 228 valence electrons. The molecule has 1 saturated heterocycles. The lowest BCUT2D eigenvalue weighted by molar-refractivity contribution is -0.141. The van der Waals surface area contributed by atoms with Crippen molar-refractivity contribution in [1.82, 2.24) is 15.0 Å². The van der Waals surface area contributed by atoms with Crippen LogP contribution in [-0.2, 0) is 15.3 Å². The van der Waals surface area contributed by atoms with Gasteiger partial charge in [0.25, 0.3) is 0 Å². The molecule has 7 rings (SSSR count). The Bertz CT molecular complexity index is 1680. The van der Waals surface area contributed by atoms with Crippen molar-refractivity contribution in [3.8, 4) is 34.5 Å². The largest absolute Gasteiger partial charge is 0.497 e. The third-order valence-corrected chi connectivity index (χ3v) is 9.53. The first-order valence-electron chi connectivity index (χ1n) is 14.1. The van der Waals surface area contributed by atoms with Gasteiger partial charge in [-0.15, -0.1) is 16.9 Å². The summed E-state index contributed by atoms with van der Waals surface area (Å²) in [4.78, 5) is 14.6. The zero-order valence-electron chi connectivity index (χ0n) is 24.6. The molecule has 1 aromatic heterocycles. The average molecular weight is 618 g/mol. The van der Waals surface area contributed by atoms with Gasteiger partial charge in [0, 0.05) is 22.5 Å². The van der Waals surface area contributed by atoms with Gasteiger partial charge in [-0.3, -0.25) is 4.79 Å². The van der Waals surface area contributed by atoms with Gasteiger partial charge in [0.05, 0.1) is 58.9 Å². The van der Waals surface area contributed by atoms with Crippen LogP contribution in [0, 0.1) is 11.8 Å². The van der Waals surface area contributed by atoms with Gasteiger partial charge in [0.1, 0.15) is 5.75 Å². The second kappa shape index (κ2) is 11.5. The Labute approximate surface area is 258 Å². The number of nitrogens with zero attached hydrogens (tertiary/aromatic N) is 3. The second-order valence-corrected chi connectivity index (χ2v) is 11.7. The predicted molar refractivity (Wildman–Crippen MR) is 159 cm³/mol. The number of benzene rings is 3. The molecule has 2 aliphatic heterocycles. The van der Waals surface area contributed by atoms with E-state index in [-0.39, 0.29) is 37.2 Å². The molecule has 3 aliphatic rings. The number of esters is 1. The summed E-state index contributed by atoms with van der Waals surface area (Å²) in [5, 5.41) is 9.07. The van der Waals surface area contributed by atoms with Crippen LogP contribution in [0.4, 0.5) is 0 Å². The minimum Gasteiger partial charge on any atom is -0.497 e. The number of hydrogen-bond acceptors (Lipinski definition) is 11. The minimum absolute atomic E-state index is 0.128. The van der Waals surface area contributed by atoms with Crippen LogP contribution >= 0.6 is 11.8 Å². The highest BCUT2D eigenvalue weighted by Gasteiger charge is 2.53. The van der Waals surface area contributed by atoms with E-state index in [4.69, 9.17) is 33.2 Å². The molecule has 12 heteroatoms. The molecule has 0 N–H and O–H groups in total. The van der Waals surface area contributed by atoms with E-state index < -0.39 is 5.92 Å². The van der Waals surface area contributed by atoms with Crippen molar-refractivity contribution >= 4 is 17.7 Å². The molecular weight excluding hydrogens is 586 g/mol. The fourth-order valence-electron chi connectivity index (χ4n) is 6.50. The van der Waals surface area contributed by atoms with E-state index >= 15 is 0 Å². The van der Waals surface area contributed by atoms with Crippen molar-refractivity contribution in [2.75, 3.05) is 41.8 Å². The maximum atomic E-state index is 13.5. The van der Waals surface area contributed by atoms with E-state index in [1.807, 2.05) is 59.4 Å². The number of cyclic esters (lactones) is 1. The van der Waals surface area contributed by atoms with Crippen molar-refractivity contribution in [2.24, 2.45) is 11.8 Å². The first-order chi connectivity index (χ1) is 21.5. The molecule has 1 aliphatic carbocycles. The van der Waals surface area contributed by atoms with E-state index in [2.05, 4.69) is 10.3 Å². The molecule has 0 spiro atoms. The van der Waals surface area contributed by atoms with Gasteiger partial charge >= 0.3 is 5.97 Å². The number of carbonyl (C=O) groups excluding carboxylic acids is 1. The summed E-state index contributed by atoms with van der Waals surface area (Å²) in [5.41, 5.74) is 3.54. The van der Waals surface area contributed by atoms with Crippen molar-refractivity contribution in [2.45, 2.75) is 22.6 Å². The number of ether oxygens (including phenoxy) is 7. The van der Waals surface area contributed by atoms with Gasteiger partial charge < -0.3 is 33.2 Å². The monoisotopic (exact) mass is 617 g/mol. The SMILES string of the molecule is COc1ccc(SCc2cn([C@@H]3c4cc5c(cc4[C@@H](c4cc(OC)c(OC)c(OC)c4)[C@H]4C(=O)OC[C@@H]43)OCO5)nn2)cc1. The molecule has 0 bridgehead atoms. The predicted octanol–water partition coefficient (Wildman–Crippen LogP) is 4.86. The molecule has 44 heavy (non-hydrogen) atoms. The van der Waals surface area contributed by atoms with Gasteiger partial charge in [0.15, 0.2) is 23.0 Å². The minimum atomic E-state index is -0.503. The average Bonchev–Trinajstić information content (AvgIpc) is 3.81. The Morgan fingerprint density at radius 1 is 0.886 bits per heavy atom. The maximum absolute atomic E-state index is 13.5. The quantitative estimate of drug-likeness (QED) is 0.190. The fraction of sp³-hybridized carbons (Fsp3) is 0.344. The Morgan fingerprint density at radius 2 is 1.59 bits per heavy atom. The van der Waals surface area contributed by atoms with Gasteiger partial charge in [-0.05, 0) is 65.2 Å². The van der Waals surface area contributed by atoms with Crippen LogP contribution < -0.4 is 28.4 Å². The summed E-state index contributed by atoms with van der Waals surface area (Å²) in [7, 11) is 6.36. The highest BCUT2D eigenvalue weighted by molar-refractivity contribution is 7.98. The molecule has 4 atom stereocenters. The van der Waals surface area contributed by atoms with E-state index in [1.54, 1.807) is 40.2 Å². The topological polar surface area (TPSA) is 112 Å². The number of carbonyl (C=O) groups is 1. The van der Waals surface area contributed by atoms with Crippen LogP contribution in [0.3, 0.4) is 0 Å². The highest BCUT2D eigenvalue weighted by Crippen LogP contribution is 2.56. The Hall–Kier alpha value is -4.58. The third kappa shape index (κ3) is 4.73. The summed E-state index contributed by atoms with van der Waals surface area (Å²) in [6.07, 6.45) is 1.95. The van der Waals surface area contributed by atoms with Crippen molar-refractivity contribution in [3.05, 3.63) is 77.1 Å². The van der Waals surface area contributed by atoms with Gasteiger partial charge in [-0.25, -0.2) is 4.68 Å². The molecule has 0 radical (unpaired) electrons. The van der Waals surface area contributed by atoms with E-state index in [0.29, 0.717) is 34.5 Å². The Balaban J connectivity index is 1.30. The van der Waals surface area contributed by atoms with E-state index in [9.17, 15) is 4.79 Å². The molecule has 11 nitrogen and oxygen atoms in total. The zero-order chi connectivity index (χ0) is 30.4. The zero-order valence-corrected chi connectivity index (χ0v) is 25.5. The van der Waals surface area contributed by atoms with Crippen LogP contribution in [0.2, 0.25) is 0 Å². The molecular formula is C32H31N3O8S. The number of thioether (sulfide) groups is 1. The molecule has 4 aromatic rings. The molecule has 0 unspecified atom stereocenters. The molecule has 3 aromatic carbocycles. The lowest BCUT2D eigenvalue weighted by Crippen LogP contribution is -2.37. The van der Waals surface area contributed by atoms with Crippen LogP contribution in [0.5, 0.6) is 34.5 Å². The lowest BCUT2D eigenvalue weighted by atomic mass is 9.65.